The Morgan fingerprint density at radius 2 is 2.04 bits per heavy atom. The first kappa shape index (κ1) is 17.2. The van der Waals surface area contributed by atoms with E-state index in [2.05, 4.69) is 4.90 Å². The minimum absolute atomic E-state index is 0.156. The highest BCUT2D eigenvalue weighted by Gasteiger charge is 2.51. The number of β-amino-alcohol motifs (C(OH)–C–C–N with tert-alkyl or cyclic N) is 2. The number of primary amides is 1. The van der Waals surface area contributed by atoms with Gasteiger partial charge in [-0.05, 0) is 36.8 Å². The van der Waals surface area contributed by atoms with Crippen molar-refractivity contribution in [3.8, 4) is 0 Å². The maximum Gasteiger partial charge on any atom is 0.405 e. The summed E-state index contributed by atoms with van der Waals surface area (Å²) in [5, 5.41) is 20.7. The van der Waals surface area contributed by atoms with E-state index in [1.54, 1.807) is 0 Å². The Balaban J connectivity index is 1.55. The highest BCUT2D eigenvalue weighted by molar-refractivity contribution is 5.65. The molecule has 1 aliphatic heterocycles. The van der Waals surface area contributed by atoms with Crippen LogP contribution >= 0.6 is 0 Å². The second-order valence-electron chi connectivity index (χ2n) is 7.11. The van der Waals surface area contributed by atoms with Gasteiger partial charge in [0, 0.05) is 19.5 Å². The fraction of sp³-hybridized carbons (Fsp3) is 0.611. The zero-order valence-electron chi connectivity index (χ0n) is 13.8. The van der Waals surface area contributed by atoms with Crippen molar-refractivity contribution in [2.75, 3.05) is 19.6 Å². The predicted octanol–water partition coefficient (Wildman–Crippen LogP) is 1.42. The van der Waals surface area contributed by atoms with Crippen LogP contribution in [-0.2, 0) is 4.74 Å². The standard InChI is InChI=1S/C18H26N2O4/c19-17(23)24-15(13-4-2-1-3-5-13)10-14(21)11-20-9-8-18(6-7-18)16(22)12-20/h1-5,14-16,21-22H,6-12H2,(H2,19,23)/t14-,15?,16-/m1/s1. The first-order valence-electron chi connectivity index (χ1n) is 8.58. The second kappa shape index (κ2) is 7.09. The number of amides is 1. The lowest BCUT2D eigenvalue weighted by Crippen LogP contribution is -2.47. The molecule has 0 aromatic heterocycles. The molecule has 1 unspecified atom stereocenters. The summed E-state index contributed by atoms with van der Waals surface area (Å²) in [6.45, 7) is 1.95. The van der Waals surface area contributed by atoms with Crippen LogP contribution < -0.4 is 5.73 Å². The number of nitrogens with two attached hydrogens (primary N) is 1. The number of carbonyl (C=O) groups excluding carboxylic acids is 1. The predicted molar refractivity (Wildman–Crippen MR) is 89.2 cm³/mol. The average Bonchev–Trinajstić information content (AvgIpc) is 3.32. The Kier molecular flexibility index (Phi) is 5.08. The van der Waals surface area contributed by atoms with Gasteiger partial charge in [-0.25, -0.2) is 4.79 Å². The van der Waals surface area contributed by atoms with Gasteiger partial charge < -0.3 is 20.7 Å². The number of rotatable bonds is 6. The molecule has 1 saturated carbocycles. The molecule has 1 spiro atoms. The van der Waals surface area contributed by atoms with Crippen molar-refractivity contribution in [3.63, 3.8) is 0 Å². The van der Waals surface area contributed by atoms with Crippen molar-refractivity contribution in [1.82, 2.24) is 4.90 Å². The van der Waals surface area contributed by atoms with Gasteiger partial charge in [-0.15, -0.1) is 0 Å². The molecule has 3 rings (SSSR count). The molecule has 2 aliphatic rings. The number of ether oxygens (including phenoxy) is 1. The van der Waals surface area contributed by atoms with Crippen molar-refractivity contribution < 1.29 is 19.7 Å². The summed E-state index contributed by atoms with van der Waals surface area (Å²) in [5.41, 5.74) is 6.13. The normalized spacial score (nSPS) is 25.2. The van der Waals surface area contributed by atoms with Gasteiger partial charge in [0.25, 0.3) is 0 Å². The molecule has 0 radical (unpaired) electrons. The molecule has 6 nitrogen and oxygen atoms in total. The molecular formula is C18H26N2O4. The number of aliphatic hydroxyl groups is 2. The van der Waals surface area contributed by atoms with Crippen LogP contribution in [0.15, 0.2) is 30.3 Å². The molecule has 1 heterocycles. The lowest BCUT2D eigenvalue weighted by molar-refractivity contribution is -0.0167. The summed E-state index contributed by atoms with van der Waals surface area (Å²) < 4.78 is 5.17. The average molecular weight is 334 g/mol. The number of aliphatic hydroxyl groups excluding tert-OH is 2. The topological polar surface area (TPSA) is 96.0 Å². The molecule has 4 N–H and O–H groups in total. The summed E-state index contributed by atoms with van der Waals surface area (Å²) in [6.07, 6.45) is 1.13. The number of piperidine rings is 1. The molecule has 132 valence electrons. The van der Waals surface area contributed by atoms with E-state index in [1.807, 2.05) is 30.3 Å². The van der Waals surface area contributed by atoms with E-state index in [4.69, 9.17) is 10.5 Å². The second-order valence-corrected chi connectivity index (χ2v) is 7.11. The molecule has 3 atom stereocenters. The van der Waals surface area contributed by atoms with Crippen LogP contribution in [0.5, 0.6) is 0 Å². The summed E-state index contributed by atoms with van der Waals surface area (Å²) >= 11 is 0. The van der Waals surface area contributed by atoms with Crippen molar-refractivity contribution in [1.29, 1.82) is 0 Å². The molecule has 0 bridgehead atoms. The summed E-state index contributed by atoms with van der Waals surface area (Å²) in [6, 6.07) is 9.29. The van der Waals surface area contributed by atoms with Gasteiger partial charge in [0.05, 0.1) is 12.2 Å². The third kappa shape index (κ3) is 4.06. The van der Waals surface area contributed by atoms with Gasteiger partial charge in [-0.2, -0.15) is 0 Å². The monoisotopic (exact) mass is 334 g/mol. The summed E-state index contributed by atoms with van der Waals surface area (Å²) in [4.78, 5) is 13.2. The quantitative estimate of drug-likeness (QED) is 0.731. The van der Waals surface area contributed by atoms with Gasteiger partial charge in [-0.3, -0.25) is 4.90 Å². The van der Waals surface area contributed by atoms with Gasteiger partial charge in [0.15, 0.2) is 0 Å². The fourth-order valence-corrected chi connectivity index (χ4v) is 3.67. The van der Waals surface area contributed by atoms with Crippen molar-refractivity contribution in [3.05, 3.63) is 35.9 Å². The molecule has 24 heavy (non-hydrogen) atoms. The third-order valence-electron chi connectivity index (χ3n) is 5.34. The molecule has 1 saturated heterocycles. The van der Waals surface area contributed by atoms with Gasteiger partial charge in [-0.1, -0.05) is 30.3 Å². The van der Waals surface area contributed by atoms with Crippen LogP contribution in [0.2, 0.25) is 0 Å². The number of benzene rings is 1. The highest BCUT2D eigenvalue weighted by Crippen LogP contribution is 2.53. The zero-order chi connectivity index (χ0) is 17.2. The largest absolute Gasteiger partial charge is 0.441 e. The molecule has 1 amide bonds. The summed E-state index contributed by atoms with van der Waals surface area (Å²) in [5.74, 6) is 0. The lowest BCUT2D eigenvalue weighted by Gasteiger charge is -2.37. The SMILES string of the molecule is NC(=O)OC(C[C@@H](O)CN1CCC2(CC2)[C@H](O)C1)c1ccccc1. The lowest BCUT2D eigenvalue weighted by atomic mass is 9.90. The molecule has 2 fully saturated rings. The van der Waals surface area contributed by atoms with Crippen LogP contribution in [0.25, 0.3) is 0 Å². The van der Waals surface area contributed by atoms with E-state index in [0.29, 0.717) is 13.1 Å². The highest BCUT2D eigenvalue weighted by atomic mass is 16.6. The Morgan fingerprint density at radius 3 is 2.62 bits per heavy atom. The van der Waals surface area contributed by atoms with Crippen molar-refractivity contribution >= 4 is 6.09 Å². The minimum atomic E-state index is -0.847. The number of hydrogen-bond donors (Lipinski definition) is 3. The van der Waals surface area contributed by atoms with Crippen LogP contribution in [-0.4, -0.2) is 53.0 Å². The van der Waals surface area contributed by atoms with Crippen LogP contribution in [0, 0.1) is 5.41 Å². The Bertz CT molecular complexity index is 561. The third-order valence-corrected chi connectivity index (χ3v) is 5.34. The smallest absolute Gasteiger partial charge is 0.405 e. The fourth-order valence-electron chi connectivity index (χ4n) is 3.67. The Hall–Kier alpha value is -1.63. The number of hydrogen-bond acceptors (Lipinski definition) is 5. The van der Waals surface area contributed by atoms with Crippen molar-refractivity contribution in [2.24, 2.45) is 11.1 Å². The molecule has 1 aromatic rings. The molecule has 6 heteroatoms. The van der Waals surface area contributed by atoms with E-state index in [0.717, 1.165) is 31.4 Å². The first-order valence-corrected chi connectivity index (χ1v) is 8.58. The van der Waals surface area contributed by atoms with Gasteiger partial charge >= 0.3 is 6.09 Å². The van der Waals surface area contributed by atoms with Gasteiger partial charge in [0.1, 0.15) is 6.10 Å². The number of nitrogens with zero attached hydrogens (tertiary/aromatic N) is 1. The maximum absolute atomic E-state index is 11.2. The van der Waals surface area contributed by atoms with E-state index in [-0.39, 0.29) is 17.9 Å². The zero-order valence-corrected chi connectivity index (χ0v) is 13.8. The molecular weight excluding hydrogens is 308 g/mol. The van der Waals surface area contributed by atoms with E-state index >= 15 is 0 Å². The Morgan fingerprint density at radius 1 is 1.33 bits per heavy atom. The molecule has 1 aliphatic carbocycles. The van der Waals surface area contributed by atoms with E-state index in [9.17, 15) is 15.0 Å². The van der Waals surface area contributed by atoms with E-state index in [1.165, 1.54) is 0 Å². The van der Waals surface area contributed by atoms with Crippen LogP contribution in [0.3, 0.4) is 0 Å². The number of carbonyl (C=O) groups is 1. The van der Waals surface area contributed by atoms with Crippen LogP contribution in [0.1, 0.15) is 37.4 Å². The van der Waals surface area contributed by atoms with Crippen LogP contribution in [0.4, 0.5) is 4.79 Å². The minimum Gasteiger partial charge on any atom is -0.441 e. The Labute approximate surface area is 142 Å². The summed E-state index contributed by atoms with van der Waals surface area (Å²) in [7, 11) is 0. The molecule has 1 aromatic carbocycles. The maximum atomic E-state index is 11.2. The van der Waals surface area contributed by atoms with Gasteiger partial charge in [0.2, 0.25) is 0 Å². The van der Waals surface area contributed by atoms with Crippen molar-refractivity contribution in [2.45, 2.75) is 44.0 Å². The van der Waals surface area contributed by atoms with E-state index < -0.39 is 18.3 Å². The first-order chi connectivity index (χ1) is 11.5. The number of likely N-dealkylation sites (tertiary alicyclic amines) is 1.